The van der Waals surface area contributed by atoms with Crippen molar-refractivity contribution in [2.24, 2.45) is 5.73 Å². The molecular weight excluding hydrogens is 392 g/mol. The van der Waals surface area contributed by atoms with Gasteiger partial charge in [0.25, 0.3) is 0 Å². The topological polar surface area (TPSA) is 120 Å². The van der Waals surface area contributed by atoms with E-state index in [0.717, 1.165) is 41.0 Å². The molecule has 3 aromatic rings. The van der Waals surface area contributed by atoms with Crippen molar-refractivity contribution in [3.05, 3.63) is 65.2 Å². The first-order valence-corrected chi connectivity index (χ1v) is 10.3. The molecule has 1 saturated heterocycles. The molecule has 2 aromatic heterocycles. The minimum Gasteiger partial charge on any atom is -0.382 e. The summed E-state index contributed by atoms with van der Waals surface area (Å²) in [6.07, 6.45) is 5.21. The number of ketones is 1. The highest BCUT2D eigenvalue weighted by atomic mass is 16.5. The summed E-state index contributed by atoms with van der Waals surface area (Å²) in [5, 5.41) is 0. The maximum absolute atomic E-state index is 13.2. The Morgan fingerprint density at radius 3 is 2.74 bits per heavy atom. The number of carbonyl (C=O) groups excluding carboxylic acids is 1. The summed E-state index contributed by atoms with van der Waals surface area (Å²) in [5.74, 6) is -0.0626. The predicted octanol–water partition coefficient (Wildman–Crippen LogP) is 2.15. The van der Waals surface area contributed by atoms with E-state index in [-0.39, 0.29) is 23.7 Å². The van der Waals surface area contributed by atoms with Gasteiger partial charge in [-0.05, 0) is 24.1 Å². The third-order valence-corrected chi connectivity index (χ3v) is 5.45. The Morgan fingerprint density at radius 1 is 1.19 bits per heavy atom. The average molecular weight is 419 g/mol. The molecule has 0 aliphatic carbocycles. The van der Waals surface area contributed by atoms with Crippen molar-refractivity contribution in [3.8, 4) is 11.3 Å². The van der Waals surface area contributed by atoms with E-state index in [1.54, 1.807) is 18.6 Å². The molecule has 1 aliphatic heterocycles. The van der Waals surface area contributed by atoms with Crippen LogP contribution >= 0.6 is 0 Å². The number of pyridine rings is 1. The molecule has 0 amide bonds. The molecule has 1 fully saturated rings. The van der Waals surface area contributed by atoms with Gasteiger partial charge in [-0.1, -0.05) is 18.2 Å². The fourth-order valence-electron chi connectivity index (χ4n) is 3.80. The van der Waals surface area contributed by atoms with Gasteiger partial charge >= 0.3 is 0 Å². The number of hydrogen-bond acceptors (Lipinski definition) is 8. The van der Waals surface area contributed by atoms with Crippen LogP contribution in [0.25, 0.3) is 11.3 Å². The minimum atomic E-state index is -0.189. The fourth-order valence-corrected chi connectivity index (χ4v) is 3.80. The Bertz CT molecular complexity index is 1100. The molecule has 8 nitrogen and oxygen atoms in total. The van der Waals surface area contributed by atoms with E-state index in [0.29, 0.717) is 25.5 Å². The third kappa shape index (κ3) is 4.55. The number of aromatic nitrogens is 3. The van der Waals surface area contributed by atoms with E-state index in [1.807, 2.05) is 31.2 Å². The van der Waals surface area contributed by atoms with E-state index in [9.17, 15) is 4.79 Å². The van der Waals surface area contributed by atoms with Crippen LogP contribution in [0.1, 0.15) is 27.2 Å². The van der Waals surface area contributed by atoms with Crippen LogP contribution in [0.3, 0.4) is 0 Å². The van der Waals surface area contributed by atoms with Crippen LogP contribution in [-0.4, -0.2) is 47.0 Å². The second kappa shape index (κ2) is 9.20. The molecule has 31 heavy (non-hydrogen) atoms. The summed E-state index contributed by atoms with van der Waals surface area (Å²) in [5.41, 5.74) is 17.3. The molecule has 8 heteroatoms. The minimum absolute atomic E-state index is 0.127. The number of morpholine rings is 1. The number of aryl methyl sites for hydroxylation is 1. The molecule has 4 N–H and O–H groups in total. The van der Waals surface area contributed by atoms with Crippen LogP contribution in [0.2, 0.25) is 0 Å². The maximum Gasteiger partial charge on any atom is 0.189 e. The number of carbonyl (C=O) groups is 1. The number of anilines is 2. The molecule has 0 unspecified atom stereocenters. The molecule has 4 rings (SSSR count). The van der Waals surface area contributed by atoms with Crippen molar-refractivity contribution < 1.29 is 9.53 Å². The standard InChI is InChI=1S/C23H26N6O2/c1-15-10-16(12-24)2-3-18(15)19-14-27-23(25)22(28-19)21(30)11-17-13-26-5-4-20(17)29-6-8-31-9-7-29/h2-5,10,13-14H,6-9,11-12,24H2,1H3,(H2,25,27). The third-order valence-electron chi connectivity index (χ3n) is 5.45. The lowest BCUT2D eigenvalue weighted by molar-refractivity contribution is 0.0988. The first-order chi connectivity index (χ1) is 15.1. The van der Waals surface area contributed by atoms with E-state index < -0.39 is 0 Å². The summed E-state index contributed by atoms with van der Waals surface area (Å²) in [7, 11) is 0. The lowest BCUT2D eigenvalue weighted by atomic mass is 10.0. The highest BCUT2D eigenvalue weighted by Gasteiger charge is 2.20. The molecule has 0 spiro atoms. The molecule has 0 atom stereocenters. The van der Waals surface area contributed by atoms with Crippen molar-refractivity contribution in [1.29, 1.82) is 0 Å². The van der Waals surface area contributed by atoms with Gasteiger partial charge in [0.1, 0.15) is 5.69 Å². The zero-order valence-corrected chi connectivity index (χ0v) is 17.5. The summed E-state index contributed by atoms with van der Waals surface area (Å²) in [6.45, 7) is 5.34. The molecule has 0 bridgehead atoms. The first kappa shape index (κ1) is 20.9. The van der Waals surface area contributed by atoms with Crippen molar-refractivity contribution in [3.63, 3.8) is 0 Å². The second-order valence-electron chi connectivity index (χ2n) is 7.55. The Hall–Kier alpha value is -3.36. The summed E-state index contributed by atoms with van der Waals surface area (Å²) >= 11 is 0. The van der Waals surface area contributed by atoms with Crippen LogP contribution in [0.5, 0.6) is 0 Å². The monoisotopic (exact) mass is 418 g/mol. The van der Waals surface area contributed by atoms with E-state index >= 15 is 0 Å². The van der Waals surface area contributed by atoms with Crippen LogP contribution in [-0.2, 0) is 17.7 Å². The van der Waals surface area contributed by atoms with E-state index in [2.05, 4.69) is 19.9 Å². The molecule has 0 saturated carbocycles. The number of nitrogens with zero attached hydrogens (tertiary/aromatic N) is 4. The van der Waals surface area contributed by atoms with Gasteiger partial charge in [0, 0.05) is 55.3 Å². The predicted molar refractivity (Wildman–Crippen MR) is 120 cm³/mol. The molecule has 3 heterocycles. The zero-order chi connectivity index (χ0) is 21.8. The molecule has 0 radical (unpaired) electrons. The van der Waals surface area contributed by atoms with Gasteiger partial charge in [-0.15, -0.1) is 0 Å². The normalized spacial score (nSPS) is 13.9. The summed E-state index contributed by atoms with van der Waals surface area (Å²) < 4.78 is 5.44. The van der Waals surface area contributed by atoms with Gasteiger partial charge in [-0.25, -0.2) is 9.97 Å². The average Bonchev–Trinajstić information content (AvgIpc) is 2.80. The van der Waals surface area contributed by atoms with Gasteiger partial charge in [0.2, 0.25) is 0 Å². The Morgan fingerprint density at radius 2 is 2.00 bits per heavy atom. The lowest BCUT2D eigenvalue weighted by Crippen LogP contribution is -2.37. The molecule has 1 aromatic carbocycles. The smallest absolute Gasteiger partial charge is 0.189 e. The van der Waals surface area contributed by atoms with Crippen molar-refractivity contribution in [1.82, 2.24) is 15.0 Å². The van der Waals surface area contributed by atoms with Crippen molar-refractivity contribution in [2.75, 3.05) is 36.9 Å². The number of rotatable bonds is 6. The number of nitrogen functional groups attached to an aromatic ring is 1. The lowest BCUT2D eigenvalue weighted by Gasteiger charge is -2.30. The first-order valence-electron chi connectivity index (χ1n) is 10.3. The van der Waals surface area contributed by atoms with Gasteiger partial charge in [-0.3, -0.25) is 9.78 Å². The number of ether oxygens (including phenoxy) is 1. The van der Waals surface area contributed by atoms with Crippen molar-refractivity contribution in [2.45, 2.75) is 19.9 Å². The Labute approximate surface area is 181 Å². The van der Waals surface area contributed by atoms with Crippen molar-refractivity contribution >= 4 is 17.3 Å². The highest BCUT2D eigenvalue weighted by Crippen LogP contribution is 2.26. The van der Waals surface area contributed by atoms with Gasteiger partial charge in [0.05, 0.1) is 25.1 Å². The summed E-state index contributed by atoms with van der Waals surface area (Å²) in [6, 6.07) is 7.84. The van der Waals surface area contributed by atoms with E-state index in [4.69, 9.17) is 16.2 Å². The Kier molecular flexibility index (Phi) is 6.20. The number of hydrogen-bond donors (Lipinski definition) is 2. The largest absolute Gasteiger partial charge is 0.382 e. The second-order valence-corrected chi connectivity index (χ2v) is 7.55. The number of benzene rings is 1. The van der Waals surface area contributed by atoms with Crippen LogP contribution in [0, 0.1) is 6.92 Å². The molecule has 160 valence electrons. The fraction of sp³-hybridized carbons (Fsp3) is 0.304. The number of Topliss-reactive ketones (excluding diaryl/α,β-unsaturated/α-hetero) is 1. The number of nitrogens with two attached hydrogens (primary N) is 2. The van der Waals surface area contributed by atoms with Gasteiger partial charge in [-0.2, -0.15) is 0 Å². The molecular formula is C23H26N6O2. The SMILES string of the molecule is Cc1cc(CN)ccc1-c1cnc(N)c(C(=O)Cc2cnccc2N2CCOCC2)n1. The van der Waals surface area contributed by atoms with Crippen LogP contribution < -0.4 is 16.4 Å². The van der Waals surface area contributed by atoms with Gasteiger partial charge < -0.3 is 21.1 Å². The van der Waals surface area contributed by atoms with Crippen LogP contribution in [0.4, 0.5) is 11.5 Å². The zero-order valence-electron chi connectivity index (χ0n) is 17.5. The Balaban J connectivity index is 1.62. The maximum atomic E-state index is 13.2. The van der Waals surface area contributed by atoms with Crippen LogP contribution in [0.15, 0.2) is 42.9 Å². The summed E-state index contributed by atoms with van der Waals surface area (Å²) in [4.78, 5) is 28.4. The van der Waals surface area contributed by atoms with Gasteiger partial charge in [0.15, 0.2) is 11.6 Å². The highest BCUT2D eigenvalue weighted by molar-refractivity contribution is 6.00. The quantitative estimate of drug-likeness (QED) is 0.584. The molecule has 1 aliphatic rings. The van der Waals surface area contributed by atoms with E-state index in [1.165, 1.54) is 0 Å².